The molecule has 1 fully saturated rings. The van der Waals surface area contributed by atoms with Crippen molar-refractivity contribution < 1.29 is 42.5 Å². The molecule has 3 aromatic rings. The number of hydrogen-bond acceptors (Lipinski definition) is 12. The van der Waals surface area contributed by atoms with Crippen LogP contribution in [0.25, 0.3) is 5.52 Å². The Morgan fingerprint density at radius 1 is 1.33 bits per heavy atom. The maximum absolute atomic E-state index is 14.8. The number of rotatable bonds is 13. The van der Waals surface area contributed by atoms with Gasteiger partial charge in [0.25, 0.3) is 0 Å². The first-order valence-electron chi connectivity index (χ1n) is 13.7. The summed E-state index contributed by atoms with van der Waals surface area (Å²) in [5.74, 6) is -1.49. The van der Waals surface area contributed by atoms with Crippen molar-refractivity contribution in [3.63, 3.8) is 0 Å². The van der Waals surface area contributed by atoms with Crippen molar-refractivity contribution >= 4 is 25.1 Å². The molecule has 0 aliphatic carbocycles. The van der Waals surface area contributed by atoms with Crippen molar-refractivity contribution in [3.8, 4) is 11.8 Å². The van der Waals surface area contributed by atoms with E-state index in [1.165, 1.54) is 19.1 Å². The zero-order valence-corrected chi connectivity index (χ0v) is 24.7. The van der Waals surface area contributed by atoms with Gasteiger partial charge in [0.1, 0.15) is 48.0 Å². The Balaban J connectivity index is 1.55. The average molecular weight is 621 g/mol. The van der Waals surface area contributed by atoms with Crippen LogP contribution in [0.4, 0.5) is 10.2 Å². The van der Waals surface area contributed by atoms with Crippen LogP contribution in [0.5, 0.6) is 5.75 Å². The van der Waals surface area contributed by atoms with Gasteiger partial charge in [0.05, 0.1) is 18.9 Å². The van der Waals surface area contributed by atoms with Crippen LogP contribution in [0.3, 0.4) is 0 Å². The topological polar surface area (TPSA) is 204 Å². The highest BCUT2D eigenvalue weighted by Gasteiger charge is 2.58. The van der Waals surface area contributed by atoms with Crippen LogP contribution in [0, 0.1) is 23.1 Å². The second-order valence-electron chi connectivity index (χ2n) is 10.1. The van der Waals surface area contributed by atoms with Gasteiger partial charge < -0.3 is 29.9 Å². The van der Waals surface area contributed by atoms with Crippen LogP contribution in [0.1, 0.15) is 39.3 Å². The highest BCUT2D eigenvalue weighted by molar-refractivity contribution is 7.52. The summed E-state index contributed by atoms with van der Waals surface area (Å²) in [5, 5.41) is 38.4. The van der Waals surface area contributed by atoms with E-state index >= 15 is 0 Å². The molecule has 0 amide bonds. The molecular weight excluding hydrogens is 586 g/mol. The molecular formula is C27H34FN6O8P. The molecule has 3 heterocycles. The summed E-state index contributed by atoms with van der Waals surface area (Å²) >= 11 is 0. The van der Waals surface area contributed by atoms with Gasteiger partial charge in [-0.15, -0.1) is 0 Å². The molecule has 1 saturated heterocycles. The van der Waals surface area contributed by atoms with Gasteiger partial charge in [0.15, 0.2) is 11.6 Å². The lowest BCUT2D eigenvalue weighted by Gasteiger charge is -2.25. The first-order valence-corrected chi connectivity index (χ1v) is 15.2. The number of hydrogen-bond donors (Lipinski definition) is 4. The molecule has 1 aliphatic rings. The van der Waals surface area contributed by atoms with E-state index in [1.54, 1.807) is 24.3 Å². The van der Waals surface area contributed by atoms with Crippen molar-refractivity contribution in [1.29, 1.82) is 5.26 Å². The predicted octanol–water partition coefficient (Wildman–Crippen LogP) is 2.45. The molecule has 16 heteroatoms. The quantitative estimate of drug-likeness (QED) is 0.160. The monoisotopic (exact) mass is 620 g/mol. The minimum atomic E-state index is -4.38. The van der Waals surface area contributed by atoms with Gasteiger partial charge in [-0.1, -0.05) is 44.9 Å². The zero-order chi connectivity index (χ0) is 31.4. The first-order chi connectivity index (χ1) is 20.5. The van der Waals surface area contributed by atoms with Crippen LogP contribution < -0.4 is 15.3 Å². The number of carbonyl (C=O) groups is 1. The van der Waals surface area contributed by atoms with Gasteiger partial charge in [0.2, 0.25) is 5.60 Å². The summed E-state index contributed by atoms with van der Waals surface area (Å²) in [6, 6.07) is 9.54. The fourth-order valence-electron chi connectivity index (χ4n) is 4.62. The number of nitrogens with one attached hydrogen (secondary N) is 1. The number of benzene rings is 1. The van der Waals surface area contributed by atoms with Crippen molar-refractivity contribution in [2.45, 2.75) is 63.6 Å². The van der Waals surface area contributed by atoms with E-state index in [1.807, 2.05) is 13.8 Å². The van der Waals surface area contributed by atoms with Crippen LogP contribution in [0.15, 0.2) is 42.7 Å². The molecule has 14 nitrogen and oxygen atoms in total. The Kier molecular flexibility index (Phi) is 10.0. The smallest absolute Gasteiger partial charge is 0.459 e. The van der Waals surface area contributed by atoms with E-state index in [0.717, 1.165) is 29.8 Å². The maximum Gasteiger partial charge on any atom is 0.459 e. The summed E-state index contributed by atoms with van der Waals surface area (Å²) in [7, 11) is -4.38. The molecule has 6 atom stereocenters. The SMILES string of the molecule is CCC(CC)COC(=O)[C@H](C)N[P@](=O)(OC[C@H]1O[C@@](C#N)(c2cc(F)c3c(N)ncnn23)[C@H](O)[C@@H]1O)Oc1ccccc1. The number of anilines is 1. The number of carbonyl (C=O) groups excluding carboxylic acids is 1. The van der Waals surface area contributed by atoms with Crippen LogP contribution in [-0.2, 0) is 29.0 Å². The molecule has 0 saturated carbocycles. The highest BCUT2D eigenvalue weighted by atomic mass is 31.2. The minimum absolute atomic E-state index is 0.141. The normalized spacial score (nSPS) is 24.0. The Hall–Kier alpha value is -3.64. The van der Waals surface area contributed by atoms with E-state index in [2.05, 4.69) is 15.2 Å². The summed E-state index contributed by atoms with van der Waals surface area (Å²) < 4.78 is 52.0. The first kappa shape index (κ1) is 32.3. The Morgan fingerprint density at radius 2 is 2.02 bits per heavy atom. The largest absolute Gasteiger partial charge is 0.464 e. The zero-order valence-electron chi connectivity index (χ0n) is 23.8. The van der Waals surface area contributed by atoms with E-state index in [-0.39, 0.29) is 35.3 Å². The molecule has 2 aromatic heterocycles. The van der Waals surface area contributed by atoms with E-state index < -0.39 is 56.1 Å². The standard InChI is InChI=1S/C27H34FN6O8P/c1-4-17(5-2)12-39-26(37)16(3)33-43(38,42-18-9-7-6-8-10-18)40-13-20-23(35)24(36)27(14-29,41-20)21-11-19(28)22-25(30)31-15-32-34(21)22/h6-11,15-17,20,23-24,35-36H,4-5,12-13H2,1-3H3,(H,33,38)(H2,30,31,32)/t16-,20+,23+,24+,27-,43-/m0/s1. The number of halogens is 1. The van der Waals surface area contributed by atoms with Gasteiger partial charge in [0, 0.05) is 6.07 Å². The molecule has 0 spiro atoms. The van der Waals surface area contributed by atoms with Gasteiger partial charge in [-0.05, 0) is 25.0 Å². The lowest BCUT2D eigenvalue weighted by atomic mass is 9.92. The van der Waals surface area contributed by atoms with Crippen molar-refractivity contribution in [1.82, 2.24) is 19.7 Å². The second-order valence-corrected chi connectivity index (χ2v) is 11.8. The summed E-state index contributed by atoms with van der Waals surface area (Å²) in [6.45, 7) is 4.89. The third kappa shape index (κ3) is 6.65. The minimum Gasteiger partial charge on any atom is -0.464 e. The number of aliphatic hydroxyl groups excluding tert-OH is 2. The number of nitrogens with two attached hydrogens (primary N) is 1. The Labute approximate surface area is 247 Å². The highest BCUT2D eigenvalue weighted by Crippen LogP contribution is 2.47. The molecule has 4 rings (SSSR count). The van der Waals surface area contributed by atoms with E-state index in [4.69, 9.17) is 24.3 Å². The van der Waals surface area contributed by atoms with Crippen LogP contribution >= 0.6 is 7.75 Å². The third-order valence-corrected chi connectivity index (χ3v) is 8.88. The number of nitrogen functional groups attached to an aromatic ring is 1. The lowest BCUT2D eigenvalue weighted by molar-refractivity contribution is -0.146. The molecule has 0 bridgehead atoms. The van der Waals surface area contributed by atoms with Crippen molar-refractivity contribution in [2.24, 2.45) is 5.92 Å². The van der Waals surface area contributed by atoms with Crippen molar-refractivity contribution in [3.05, 3.63) is 54.2 Å². The Morgan fingerprint density at radius 3 is 2.67 bits per heavy atom. The molecule has 1 aliphatic heterocycles. The molecule has 0 radical (unpaired) electrons. The number of para-hydroxylation sites is 1. The van der Waals surface area contributed by atoms with Crippen LogP contribution in [0.2, 0.25) is 0 Å². The van der Waals surface area contributed by atoms with E-state index in [9.17, 15) is 29.2 Å². The lowest BCUT2D eigenvalue weighted by Crippen LogP contribution is -2.41. The third-order valence-electron chi connectivity index (χ3n) is 7.24. The maximum atomic E-state index is 14.8. The summed E-state index contributed by atoms with van der Waals surface area (Å²) in [5.41, 5.74) is 2.91. The number of aliphatic hydroxyl groups is 2. The Bertz CT molecular complexity index is 1520. The molecule has 43 heavy (non-hydrogen) atoms. The van der Waals surface area contributed by atoms with Gasteiger partial charge in [-0.25, -0.2) is 18.5 Å². The van der Waals surface area contributed by atoms with Gasteiger partial charge in [-0.3, -0.25) is 9.32 Å². The summed E-state index contributed by atoms with van der Waals surface area (Å²) in [6.07, 6.45) is -2.49. The predicted molar refractivity (Wildman–Crippen MR) is 150 cm³/mol. The fourth-order valence-corrected chi connectivity index (χ4v) is 6.13. The molecule has 0 unspecified atom stereocenters. The second kappa shape index (κ2) is 13.3. The molecule has 5 N–H and O–H groups in total. The number of nitriles is 1. The summed E-state index contributed by atoms with van der Waals surface area (Å²) in [4.78, 5) is 16.4. The number of esters is 1. The number of ether oxygens (including phenoxy) is 2. The van der Waals surface area contributed by atoms with E-state index in [0.29, 0.717) is 0 Å². The molecule has 232 valence electrons. The number of aromatic nitrogens is 3. The fraction of sp³-hybridized carbons (Fsp3) is 0.481. The van der Waals surface area contributed by atoms with Gasteiger partial charge in [-0.2, -0.15) is 15.4 Å². The average Bonchev–Trinajstić information content (AvgIpc) is 3.47. The number of fused-ring (bicyclic) bond motifs is 1. The van der Waals surface area contributed by atoms with Gasteiger partial charge >= 0.3 is 13.7 Å². The van der Waals surface area contributed by atoms with Crippen LogP contribution in [-0.4, -0.2) is 68.3 Å². The number of nitrogens with zero attached hydrogens (tertiary/aromatic N) is 4. The molecule has 1 aromatic carbocycles. The van der Waals surface area contributed by atoms with Crippen molar-refractivity contribution in [2.75, 3.05) is 18.9 Å².